The Morgan fingerprint density at radius 1 is 1.19 bits per heavy atom. The van der Waals surface area contributed by atoms with Gasteiger partial charge in [-0.05, 0) is 68.0 Å². The Balaban J connectivity index is 1.24. The van der Waals surface area contributed by atoms with Gasteiger partial charge in [0.15, 0.2) is 0 Å². The largest absolute Gasteiger partial charge is 0.497 e. The Bertz CT molecular complexity index is 1250. The molecule has 0 bridgehead atoms. The van der Waals surface area contributed by atoms with Crippen LogP contribution in [0, 0.1) is 23.0 Å². The number of hydrogen-bond acceptors (Lipinski definition) is 6. The molecule has 1 saturated heterocycles. The number of halogens is 2. The second-order valence-electron chi connectivity index (χ2n) is 9.96. The van der Waals surface area contributed by atoms with Crippen molar-refractivity contribution in [2.24, 2.45) is 11.3 Å². The number of anilines is 1. The molecule has 36 heavy (non-hydrogen) atoms. The smallest absolute Gasteiger partial charge is 0.140 e. The summed E-state index contributed by atoms with van der Waals surface area (Å²) in [5.74, 6) is 1.18. The number of piperidine rings is 1. The van der Waals surface area contributed by atoms with Crippen LogP contribution in [0.4, 0.5) is 14.6 Å². The van der Waals surface area contributed by atoms with Gasteiger partial charge in [0.25, 0.3) is 0 Å². The molecule has 1 aliphatic carbocycles. The van der Waals surface area contributed by atoms with Crippen molar-refractivity contribution in [3.8, 4) is 5.75 Å². The van der Waals surface area contributed by atoms with Gasteiger partial charge in [-0.15, -0.1) is 0 Å². The number of nitrogens with zero attached hydrogens (tertiary/aromatic N) is 3. The van der Waals surface area contributed by atoms with Crippen molar-refractivity contribution >= 4 is 22.8 Å². The molecule has 3 unspecified atom stereocenters. The van der Waals surface area contributed by atoms with Gasteiger partial charge < -0.3 is 20.1 Å². The Labute approximate surface area is 210 Å². The minimum Gasteiger partial charge on any atom is -0.497 e. The van der Waals surface area contributed by atoms with Gasteiger partial charge in [0.1, 0.15) is 29.5 Å². The van der Waals surface area contributed by atoms with Gasteiger partial charge in [0.2, 0.25) is 0 Å². The zero-order valence-corrected chi connectivity index (χ0v) is 20.5. The quantitative estimate of drug-likeness (QED) is 0.501. The number of benzene rings is 2. The zero-order valence-electron chi connectivity index (χ0n) is 20.5. The molecule has 0 radical (unpaired) electrons. The van der Waals surface area contributed by atoms with Crippen LogP contribution in [-0.2, 0) is 0 Å². The first-order valence-electron chi connectivity index (χ1n) is 12.5. The van der Waals surface area contributed by atoms with Gasteiger partial charge >= 0.3 is 0 Å². The summed E-state index contributed by atoms with van der Waals surface area (Å²) in [6.07, 6.45) is 8.87. The molecular weight excluding hydrogens is 462 g/mol. The van der Waals surface area contributed by atoms with Gasteiger partial charge in [-0.2, -0.15) is 0 Å². The lowest BCUT2D eigenvalue weighted by atomic mass is 9.62. The van der Waals surface area contributed by atoms with E-state index < -0.39 is 11.6 Å². The second-order valence-corrected chi connectivity index (χ2v) is 9.96. The van der Waals surface area contributed by atoms with Crippen LogP contribution in [0.2, 0.25) is 0 Å². The lowest BCUT2D eigenvalue weighted by Crippen LogP contribution is -2.55. The Morgan fingerprint density at radius 2 is 2.08 bits per heavy atom. The molecule has 0 amide bonds. The summed E-state index contributed by atoms with van der Waals surface area (Å²) in [7, 11) is 1.65. The highest BCUT2D eigenvalue weighted by atomic mass is 19.1. The van der Waals surface area contributed by atoms with Crippen LogP contribution >= 0.6 is 0 Å². The topological polar surface area (TPSA) is 70.5 Å². The summed E-state index contributed by atoms with van der Waals surface area (Å²) in [6, 6.07) is 9.62. The fourth-order valence-corrected chi connectivity index (χ4v) is 5.87. The van der Waals surface area contributed by atoms with Crippen LogP contribution in [0.5, 0.6) is 5.75 Å². The first-order chi connectivity index (χ1) is 17.5. The molecule has 1 aliphatic heterocycles. The van der Waals surface area contributed by atoms with Crippen LogP contribution in [0.25, 0.3) is 17.0 Å². The van der Waals surface area contributed by atoms with Crippen molar-refractivity contribution in [3.05, 3.63) is 66.0 Å². The van der Waals surface area contributed by atoms with E-state index in [1.165, 1.54) is 6.07 Å². The standard InChI is InChI=1S/C28H32F2N4O2/c1-36-23-5-7-26-24(15-23)27(33-18-32-26)34-12-9-20-14-22(8-10-28(20,16-34)17-35)31-11-2-3-19-13-21(29)4-6-25(19)30/h2-7,13,15,18,20,22,31,35H,8-12,14,16-17H2,1H3/b3-2+. The van der Waals surface area contributed by atoms with Crippen molar-refractivity contribution in [1.29, 1.82) is 0 Å². The molecule has 2 aromatic carbocycles. The molecule has 3 atom stereocenters. The summed E-state index contributed by atoms with van der Waals surface area (Å²) in [6.45, 7) is 2.34. The predicted molar refractivity (Wildman–Crippen MR) is 137 cm³/mol. The highest BCUT2D eigenvalue weighted by Gasteiger charge is 2.47. The maximum Gasteiger partial charge on any atom is 0.140 e. The summed E-state index contributed by atoms with van der Waals surface area (Å²) < 4.78 is 32.6. The number of methoxy groups -OCH3 is 1. The average molecular weight is 495 g/mol. The number of hydrogen-bond donors (Lipinski definition) is 2. The highest BCUT2D eigenvalue weighted by Crippen LogP contribution is 2.47. The third kappa shape index (κ3) is 4.92. The molecule has 8 heteroatoms. The first kappa shape index (κ1) is 24.6. The average Bonchev–Trinajstić information content (AvgIpc) is 2.91. The van der Waals surface area contributed by atoms with E-state index in [0.717, 1.165) is 73.4 Å². The van der Waals surface area contributed by atoms with Crippen molar-refractivity contribution < 1.29 is 18.6 Å². The molecule has 5 rings (SSSR count). The van der Waals surface area contributed by atoms with E-state index in [0.29, 0.717) is 18.5 Å². The predicted octanol–water partition coefficient (Wildman–Crippen LogP) is 4.58. The van der Waals surface area contributed by atoms with E-state index in [1.54, 1.807) is 19.5 Å². The molecule has 1 aromatic heterocycles. The van der Waals surface area contributed by atoms with Gasteiger partial charge in [-0.3, -0.25) is 0 Å². The van der Waals surface area contributed by atoms with E-state index in [2.05, 4.69) is 20.2 Å². The number of aliphatic hydroxyl groups excluding tert-OH is 1. The van der Waals surface area contributed by atoms with E-state index in [9.17, 15) is 13.9 Å². The fraction of sp³-hybridized carbons (Fsp3) is 0.429. The van der Waals surface area contributed by atoms with E-state index in [4.69, 9.17) is 4.74 Å². The number of ether oxygens (including phenoxy) is 1. The summed E-state index contributed by atoms with van der Waals surface area (Å²) in [5, 5.41) is 15.0. The Morgan fingerprint density at radius 3 is 2.92 bits per heavy atom. The monoisotopic (exact) mass is 494 g/mol. The van der Waals surface area contributed by atoms with Crippen molar-refractivity contribution in [2.45, 2.75) is 31.7 Å². The molecule has 2 N–H and O–H groups in total. The van der Waals surface area contributed by atoms with Gasteiger partial charge in [0, 0.05) is 42.0 Å². The highest BCUT2D eigenvalue weighted by molar-refractivity contribution is 5.90. The summed E-state index contributed by atoms with van der Waals surface area (Å²) in [5.41, 5.74) is 0.953. The van der Waals surface area contributed by atoms with Gasteiger partial charge in [0.05, 0.1) is 19.2 Å². The summed E-state index contributed by atoms with van der Waals surface area (Å²) in [4.78, 5) is 11.3. The number of nitrogens with one attached hydrogen (secondary N) is 1. The molecule has 190 valence electrons. The lowest BCUT2D eigenvalue weighted by Gasteiger charge is -2.52. The van der Waals surface area contributed by atoms with Crippen LogP contribution in [0.1, 0.15) is 31.2 Å². The van der Waals surface area contributed by atoms with E-state index in [1.807, 2.05) is 24.3 Å². The van der Waals surface area contributed by atoms with Gasteiger partial charge in [-0.1, -0.05) is 12.2 Å². The molecule has 2 aliphatic rings. The van der Waals surface area contributed by atoms with E-state index in [-0.39, 0.29) is 17.6 Å². The Kier molecular flexibility index (Phi) is 7.16. The number of aromatic nitrogens is 2. The van der Waals surface area contributed by atoms with Crippen LogP contribution in [0.15, 0.2) is 48.8 Å². The minimum atomic E-state index is -0.447. The Hall–Kier alpha value is -3.10. The van der Waals surface area contributed by atoms with Gasteiger partial charge in [-0.25, -0.2) is 18.7 Å². The minimum absolute atomic E-state index is 0.145. The fourth-order valence-electron chi connectivity index (χ4n) is 5.87. The van der Waals surface area contributed by atoms with Crippen molar-refractivity contribution in [3.63, 3.8) is 0 Å². The normalized spacial score (nSPS) is 24.3. The maximum atomic E-state index is 13.8. The van der Waals surface area contributed by atoms with Crippen molar-refractivity contribution in [1.82, 2.24) is 15.3 Å². The molecule has 0 spiro atoms. The SMILES string of the molecule is COc1ccc2ncnc(N3CCC4CC(NC/C=C/c5cc(F)ccc5F)CCC4(CO)C3)c2c1. The molecule has 2 heterocycles. The first-order valence-corrected chi connectivity index (χ1v) is 12.5. The zero-order chi connectivity index (χ0) is 25.1. The van der Waals surface area contributed by atoms with Crippen molar-refractivity contribution in [2.75, 3.05) is 38.3 Å². The number of aliphatic hydroxyl groups is 1. The summed E-state index contributed by atoms with van der Waals surface area (Å²) >= 11 is 0. The van der Waals surface area contributed by atoms with Crippen LogP contribution in [0.3, 0.4) is 0 Å². The number of rotatable bonds is 7. The molecular formula is C28H32F2N4O2. The molecule has 6 nitrogen and oxygen atoms in total. The lowest BCUT2D eigenvalue weighted by molar-refractivity contribution is 0.00175. The third-order valence-corrected chi connectivity index (χ3v) is 7.89. The molecule has 2 fully saturated rings. The van der Waals surface area contributed by atoms with Crippen LogP contribution in [-0.4, -0.2) is 54.5 Å². The van der Waals surface area contributed by atoms with Crippen LogP contribution < -0.4 is 15.0 Å². The second kappa shape index (κ2) is 10.5. The van der Waals surface area contributed by atoms with E-state index >= 15 is 0 Å². The molecule has 1 saturated carbocycles. The maximum absolute atomic E-state index is 13.8. The number of fused-ring (bicyclic) bond motifs is 2. The molecule has 3 aromatic rings. The third-order valence-electron chi connectivity index (χ3n) is 7.89.